The molecule has 1 unspecified atom stereocenters. The maximum absolute atomic E-state index is 11.3. The van der Waals surface area contributed by atoms with Gasteiger partial charge in [0.25, 0.3) is 5.91 Å². The van der Waals surface area contributed by atoms with Gasteiger partial charge < -0.3 is 0 Å². The molecule has 70 valence electrons. The number of nitrogens with one attached hydrogen (secondary N) is 1. The Labute approximate surface area is 77.1 Å². The highest BCUT2D eigenvalue weighted by Gasteiger charge is 2.06. The SMILES string of the molecule is C=S(C)(=O)NC(=O)c1cccnc1. The first kappa shape index (κ1) is 9.73. The van der Waals surface area contributed by atoms with Gasteiger partial charge in [-0.1, -0.05) is 0 Å². The molecular formula is C8H10N2O2S. The molecule has 0 aliphatic heterocycles. The molecule has 1 heterocycles. The van der Waals surface area contributed by atoms with Crippen molar-refractivity contribution in [2.75, 3.05) is 6.26 Å². The molecule has 1 amide bonds. The van der Waals surface area contributed by atoms with Crippen molar-refractivity contribution in [3.05, 3.63) is 30.1 Å². The molecule has 0 radical (unpaired) electrons. The molecule has 0 spiro atoms. The second kappa shape index (κ2) is 3.57. The van der Waals surface area contributed by atoms with Crippen molar-refractivity contribution in [2.24, 2.45) is 0 Å². The van der Waals surface area contributed by atoms with Crippen LogP contribution in [0.5, 0.6) is 0 Å². The van der Waals surface area contributed by atoms with Crippen LogP contribution < -0.4 is 4.72 Å². The largest absolute Gasteiger partial charge is 0.279 e. The van der Waals surface area contributed by atoms with E-state index in [9.17, 15) is 9.00 Å². The van der Waals surface area contributed by atoms with Crippen LogP contribution in [-0.2, 0) is 9.71 Å². The number of aromatic nitrogens is 1. The van der Waals surface area contributed by atoms with Crippen molar-refractivity contribution >= 4 is 21.5 Å². The minimum absolute atomic E-state index is 0.376. The van der Waals surface area contributed by atoms with E-state index in [1.165, 1.54) is 12.5 Å². The maximum Gasteiger partial charge on any atom is 0.264 e. The summed E-state index contributed by atoms with van der Waals surface area (Å²) in [6, 6.07) is 3.23. The first-order valence-electron chi connectivity index (χ1n) is 3.53. The van der Waals surface area contributed by atoms with Crippen LogP contribution in [0.2, 0.25) is 0 Å². The fourth-order valence-electron chi connectivity index (χ4n) is 0.752. The average Bonchev–Trinajstić information content (AvgIpc) is 2.03. The molecule has 0 saturated carbocycles. The Morgan fingerprint density at radius 2 is 2.38 bits per heavy atom. The molecule has 4 nitrogen and oxygen atoms in total. The lowest BCUT2D eigenvalue weighted by molar-refractivity contribution is 0.0982. The highest BCUT2D eigenvalue weighted by molar-refractivity contribution is 7.98. The van der Waals surface area contributed by atoms with Crippen molar-refractivity contribution < 1.29 is 9.00 Å². The number of nitrogens with zero attached hydrogens (tertiary/aromatic N) is 1. The van der Waals surface area contributed by atoms with E-state index >= 15 is 0 Å². The summed E-state index contributed by atoms with van der Waals surface area (Å²) in [7, 11) is -2.50. The third-order valence-corrected chi connectivity index (χ3v) is 1.85. The third kappa shape index (κ3) is 3.25. The number of hydrogen-bond donors (Lipinski definition) is 1. The van der Waals surface area contributed by atoms with E-state index in [0.29, 0.717) is 5.56 Å². The molecule has 1 rings (SSSR count). The summed E-state index contributed by atoms with van der Waals surface area (Å²) in [4.78, 5) is 15.1. The second-order valence-corrected chi connectivity index (χ2v) is 4.89. The summed E-state index contributed by atoms with van der Waals surface area (Å²) < 4.78 is 13.4. The number of rotatable bonds is 2. The van der Waals surface area contributed by atoms with Crippen LogP contribution in [0.4, 0.5) is 0 Å². The van der Waals surface area contributed by atoms with Gasteiger partial charge in [0.1, 0.15) is 0 Å². The van der Waals surface area contributed by atoms with Crippen LogP contribution in [0, 0.1) is 0 Å². The lowest BCUT2D eigenvalue weighted by atomic mass is 10.3. The summed E-state index contributed by atoms with van der Waals surface area (Å²) in [5, 5.41) is 0. The van der Waals surface area contributed by atoms with Crippen molar-refractivity contribution in [1.82, 2.24) is 9.71 Å². The molecule has 5 heteroatoms. The highest BCUT2D eigenvalue weighted by atomic mass is 32.2. The third-order valence-electron chi connectivity index (χ3n) is 1.23. The maximum atomic E-state index is 11.3. The van der Waals surface area contributed by atoms with Gasteiger partial charge in [0.15, 0.2) is 0 Å². The Morgan fingerprint density at radius 1 is 1.69 bits per heavy atom. The molecule has 1 atom stereocenters. The van der Waals surface area contributed by atoms with Crippen molar-refractivity contribution in [3.8, 4) is 0 Å². The van der Waals surface area contributed by atoms with E-state index in [4.69, 9.17) is 0 Å². The van der Waals surface area contributed by atoms with Gasteiger partial charge in [-0.2, -0.15) is 0 Å². The molecule has 0 fully saturated rings. The Hall–Kier alpha value is -1.36. The molecule has 0 aliphatic rings. The topological polar surface area (TPSA) is 59.1 Å². The van der Waals surface area contributed by atoms with Crippen molar-refractivity contribution in [1.29, 1.82) is 0 Å². The molecule has 0 bridgehead atoms. The predicted molar refractivity (Wildman–Crippen MR) is 52.9 cm³/mol. The van der Waals surface area contributed by atoms with Crippen LogP contribution in [0.15, 0.2) is 24.5 Å². The number of carbonyl (C=O) groups is 1. The molecule has 0 aliphatic carbocycles. The minimum atomic E-state index is -2.50. The van der Waals surface area contributed by atoms with Gasteiger partial charge in [-0.15, -0.1) is 0 Å². The predicted octanol–water partition coefficient (Wildman–Crippen LogP) is 0.0726. The Bertz CT molecular complexity index is 397. The van der Waals surface area contributed by atoms with Crippen LogP contribution in [0.1, 0.15) is 10.4 Å². The van der Waals surface area contributed by atoms with E-state index in [0.717, 1.165) is 0 Å². The van der Waals surface area contributed by atoms with E-state index in [-0.39, 0.29) is 0 Å². The van der Waals surface area contributed by atoms with Gasteiger partial charge in [-0.05, 0) is 18.0 Å². The van der Waals surface area contributed by atoms with Crippen LogP contribution >= 0.6 is 0 Å². The summed E-state index contributed by atoms with van der Waals surface area (Å²) in [6.07, 6.45) is 4.33. The number of pyridine rings is 1. The monoisotopic (exact) mass is 198 g/mol. The lowest BCUT2D eigenvalue weighted by Crippen LogP contribution is -2.29. The van der Waals surface area contributed by atoms with Gasteiger partial charge in [-0.25, -0.2) is 4.21 Å². The average molecular weight is 198 g/mol. The molecule has 0 saturated heterocycles. The first-order valence-corrected chi connectivity index (χ1v) is 5.67. The lowest BCUT2D eigenvalue weighted by Gasteiger charge is -2.04. The van der Waals surface area contributed by atoms with Gasteiger partial charge in [0.2, 0.25) is 0 Å². The fraction of sp³-hybridized carbons (Fsp3) is 0.125. The molecule has 1 aromatic heterocycles. The molecule has 0 aromatic carbocycles. The minimum Gasteiger partial charge on any atom is -0.279 e. The van der Waals surface area contributed by atoms with Crippen LogP contribution in [-0.4, -0.2) is 27.2 Å². The normalized spacial score (nSPS) is 14.5. The Balaban J connectivity index is 2.82. The Kier molecular flexibility index (Phi) is 2.67. The van der Waals surface area contributed by atoms with E-state index in [2.05, 4.69) is 15.6 Å². The first-order chi connectivity index (χ1) is 5.99. The standard InChI is InChI=1S/C8H10N2O2S/c1-13(2,12)10-8(11)7-4-3-5-9-6-7/h3-6H,1H2,2H3,(H,10,11,12). The molecule has 1 aromatic rings. The van der Waals surface area contributed by atoms with Crippen LogP contribution in [0.3, 0.4) is 0 Å². The second-order valence-electron chi connectivity index (χ2n) is 2.68. The number of hydrogen-bond acceptors (Lipinski definition) is 3. The van der Waals surface area contributed by atoms with E-state index in [1.54, 1.807) is 18.3 Å². The summed E-state index contributed by atoms with van der Waals surface area (Å²) in [6.45, 7) is 0. The van der Waals surface area contributed by atoms with Gasteiger partial charge in [0, 0.05) is 28.4 Å². The fourth-order valence-corrected chi connectivity index (χ4v) is 1.26. The van der Waals surface area contributed by atoms with Gasteiger partial charge in [-0.3, -0.25) is 14.5 Å². The Morgan fingerprint density at radius 3 is 2.85 bits per heavy atom. The van der Waals surface area contributed by atoms with E-state index < -0.39 is 15.6 Å². The quantitative estimate of drug-likeness (QED) is 0.684. The van der Waals surface area contributed by atoms with Crippen molar-refractivity contribution in [2.45, 2.75) is 0 Å². The zero-order valence-corrected chi connectivity index (χ0v) is 8.00. The zero-order valence-electron chi connectivity index (χ0n) is 7.19. The summed E-state index contributed by atoms with van der Waals surface area (Å²) >= 11 is 0. The van der Waals surface area contributed by atoms with Crippen molar-refractivity contribution in [3.63, 3.8) is 0 Å². The molecule has 1 N–H and O–H groups in total. The zero-order chi connectivity index (χ0) is 9.90. The van der Waals surface area contributed by atoms with Gasteiger partial charge >= 0.3 is 0 Å². The van der Waals surface area contributed by atoms with Gasteiger partial charge in [0.05, 0.1) is 5.56 Å². The summed E-state index contributed by atoms with van der Waals surface area (Å²) in [5.74, 6) is 2.89. The molecule has 13 heavy (non-hydrogen) atoms. The molecular weight excluding hydrogens is 188 g/mol. The van der Waals surface area contributed by atoms with Crippen LogP contribution in [0.25, 0.3) is 0 Å². The summed E-state index contributed by atoms with van der Waals surface area (Å²) in [5.41, 5.74) is 0.376. The number of amides is 1. The number of carbonyl (C=O) groups excluding carboxylic acids is 1. The highest BCUT2D eigenvalue weighted by Crippen LogP contribution is 1.95. The van der Waals surface area contributed by atoms with E-state index in [1.807, 2.05) is 0 Å². The smallest absolute Gasteiger partial charge is 0.264 e.